The Balaban J connectivity index is 2.04. The van der Waals surface area contributed by atoms with Crippen LogP contribution in [0.5, 0.6) is 0 Å². The van der Waals surface area contributed by atoms with E-state index in [1.807, 2.05) is 0 Å². The SMILES string of the molecule is NC1CCCC(C(=O)Nc2ccc(C(=O)O)c(F)c2)C1. The summed E-state index contributed by atoms with van der Waals surface area (Å²) in [6, 6.07) is 3.57. The molecule has 1 aromatic rings. The highest BCUT2D eigenvalue weighted by atomic mass is 19.1. The van der Waals surface area contributed by atoms with Gasteiger partial charge in [0.2, 0.25) is 5.91 Å². The molecule has 0 heterocycles. The summed E-state index contributed by atoms with van der Waals surface area (Å²) >= 11 is 0. The van der Waals surface area contributed by atoms with Gasteiger partial charge in [0.05, 0.1) is 5.56 Å². The predicted octanol–water partition coefficient (Wildman–Crippen LogP) is 1.98. The maximum atomic E-state index is 13.5. The van der Waals surface area contributed by atoms with Gasteiger partial charge in [0, 0.05) is 17.6 Å². The van der Waals surface area contributed by atoms with Crippen molar-refractivity contribution in [2.75, 3.05) is 5.32 Å². The Labute approximate surface area is 116 Å². The van der Waals surface area contributed by atoms with Crippen molar-refractivity contribution < 1.29 is 19.1 Å². The number of rotatable bonds is 3. The third-order valence-electron chi connectivity index (χ3n) is 3.55. The molecule has 2 rings (SSSR count). The molecule has 1 amide bonds. The molecule has 2 atom stereocenters. The number of nitrogens with two attached hydrogens (primary N) is 1. The highest BCUT2D eigenvalue weighted by Gasteiger charge is 2.25. The van der Waals surface area contributed by atoms with Crippen molar-refractivity contribution in [2.45, 2.75) is 31.7 Å². The Morgan fingerprint density at radius 3 is 2.70 bits per heavy atom. The van der Waals surface area contributed by atoms with Crippen LogP contribution >= 0.6 is 0 Å². The van der Waals surface area contributed by atoms with Crippen LogP contribution in [-0.4, -0.2) is 23.0 Å². The Morgan fingerprint density at radius 1 is 1.35 bits per heavy atom. The quantitative estimate of drug-likeness (QED) is 0.789. The molecule has 0 bridgehead atoms. The van der Waals surface area contributed by atoms with E-state index in [0.717, 1.165) is 31.4 Å². The Bertz CT molecular complexity index is 533. The number of benzene rings is 1. The fraction of sp³-hybridized carbons (Fsp3) is 0.429. The topological polar surface area (TPSA) is 92.4 Å². The van der Waals surface area contributed by atoms with Crippen molar-refractivity contribution in [1.82, 2.24) is 0 Å². The minimum atomic E-state index is -1.33. The van der Waals surface area contributed by atoms with Gasteiger partial charge in [-0.2, -0.15) is 0 Å². The molecule has 5 nitrogen and oxygen atoms in total. The number of halogens is 1. The normalized spacial score (nSPS) is 22.3. The summed E-state index contributed by atoms with van der Waals surface area (Å²) in [6.07, 6.45) is 3.23. The fourth-order valence-corrected chi connectivity index (χ4v) is 2.48. The van der Waals surface area contributed by atoms with Gasteiger partial charge in [0.1, 0.15) is 5.82 Å². The second kappa shape index (κ2) is 6.00. The fourth-order valence-electron chi connectivity index (χ4n) is 2.48. The van der Waals surface area contributed by atoms with Gasteiger partial charge in [-0.25, -0.2) is 9.18 Å². The smallest absolute Gasteiger partial charge is 0.338 e. The van der Waals surface area contributed by atoms with Crippen molar-refractivity contribution in [3.63, 3.8) is 0 Å². The summed E-state index contributed by atoms with van der Waals surface area (Å²) in [4.78, 5) is 22.7. The minimum absolute atomic E-state index is 0.0330. The van der Waals surface area contributed by atoms with E-state index in [1.165, 1.54) is 6.07 Å². The van der Waals surface area contributed by atoms with Crippen LogP contribution < -0.4 is 11.1 Å². The lowest BCUT2D eigenvalue weighted by atomic mass is 9.85. The number of nitrogens with one attached hydrogen (secondary N) is 1. The number of anilines is 1. The first-order valence-electron chi connectivity index (χ1n) is 6.56. The van der Waals surface area contributed by atoms with E-state index in [4.69, 9.17) is 10.8 Å². The Hall–Kier alpha value is -1.95. The number of carbonyl (C=O) groups excluding carboxylic acids is 1. The number of carboxylic acids is 1. The molecule has 1 saturated carbocycles. The molecule has 4 N–H and O–H groups in total. The van der Waals surface area contributed by atoms with Crippen molar-refractivity contribution in [3.05, 3.63) is 29.6 Å². The summed E-state index contributed by atoms with van der Waals surface area (Å²) in [6.45, 7) is 0. The van der Waals surface area contributed by atoms with Crippen LogP contribution in [0, 0.1) is 11.7 Å². The molecule has 1 aliphatic carbocycles. The molecule has 1 fully saturated rings. The van der Waals surface area contributed by atoms with Crippen LogP contribution in [0.2, 0.25) is 0 Å². The van der Waals surface area contributed by atoms with Gasteiger partial charge in [-0.05, 0) is 37.5 Å². The molecule has 6 heteroatoms. The predicted molar refractivity (Wildman–Crippen MR) is 71.9 cm³/mol. The molecule has 0 radical (unpaired) electrons. The molecule has 1 aliphatic rings. The van der Waals surface area contributed by atoms with E-state index in [1.54, 1.807) is 0 Å². The summed E-state index contributed by atoms with van der Waals surface area (Å²) in [7, 11) is 0. The van der Waals surface area contributed by atoms with Gasteiger partial charge in [-0.1, -0.05) is 6.42 Å². The van der Waals surface area contributed by atoms with Crippen molar-refractivity contribution in [3.8, 4) is 0 Å². The molecule has 0 saturated heterocycles. The van der Waals surface area contributed by atoms with Gasteiger partial charge in [0.15, 0.2) is 0 Å². The van der Waals surface area contributed by atoms with E-state index in [0.29, 0.717) is 6.42 Å². The van der Waals surface area contributed by atoms with Gasteiger partial charge in [-0.3, -0.25) is 4.79 Å². The largest absolute Gasteiger partial charge is 0.478 e. The first kappa shape index (κ1) is 14.5. The molecule has 2 unspecified atom stereocenters. The highest BCUT2D eigenvalue weighted by Crippen LogP contribution is 2.25. The average molecular weight is 280 g/mol. The van der Waals surface area contributed by atoms with Crippen LogP contribution in [0.25, 0.3) is 0 Å². The number of aromatic carboxylic acids is 1. The van der Waals surface area contributed by atoms with Crippen LogP contribution in [0.15, 0.2) is 18.2 Å². The lowest BCUT2D eigenvalue weighted by molar-refractivity contribution is -0.120. The van der Waals surface area contributed by atoms with E-state index in [9.17, 15) is 14.0 Å². The molecule has 20 heavy (non-hydrogen) atoms. The molecule has 0 aromatic heterocycles. The molecular weight excluding hydrogens is 263 g/mol. The first-order chi connectivity index (χ1) is 9.47. The van der Waals surface area contributed by atoms with Gasteiger partial charge in [0.25, 0.3) is 0 Å². The van der Waals surface area contributed by atoms with E-state index in [-0.39, 0.29) is 23.6 Å². The van der Waals surface area contributed by atoms with E-state index < -0.39 is 17.3 Å². The molecule has 108 valence electrons. The average Bonchev–Trinajstić information content (AvgIpc) is 2.38. The lowest BCUT2D eigenvalue weighted by Crippen LogP contribution is -2.34. The second-order valence-corrected chi connectivity index (χ2v) is 5.11. The summed E-state index contributed by atoms with van der Waals surface area (Å²) in [5.41, 5.74) is 5.67. The summed E-state index contributed by atoms with van der Waals surface area (Å²) < 4.78 is 13.5. The number of hydrogen-bond acceptors (Lipinski definition) is 3. The molecule has 1 aromatic carbocycles. The number of carboxylic acid groups (broad SMARTS) is 1. The first-order valence-corrected chi connectivity index (χ1v) is 6.56. The van der Waals surface area contributed by atoms with Crippen molar-refractivity contribution in [2.24, 2.45) is 11.7 Å². The number of carbonyl (C=O) groups is 2. The zero-order valence-corrected chi connectivity index (χ0v) is 10.9. The van der Waals surface area contributed by atoms with Crippen LogP contribution in [0.1, 0.15) is 36.0 Å². The monoisotopic (exact) mass is 280 g/mol. The zero-order chi connectivity index (χ0) is 14.7. The Kier molecular flexibility index (Phi) is 4.34. The Morgan fingerprint density at radius 2 is 2.10 bits per heavy atom. The van der Waals surface area contributed by atoms with Crippen molar-refractivity contribution in [1.29, 1.82) is 0 Å². The standard InChI is InChI=1S/C14H17FN2O3/c15-12-7-10(4-5-11(12)14(19)20)17-13(18)8-2-1-3-9(16)6-8/h4-5,7-9H,1-3,6,16H2,(H,17,18)(H,19,20). The number of amides is 1. The molecule has 0 aliphatic heterocycles. The van der Waals surface area contributed by atoms with Crippen LogP contribution in [0.4, 0.5) is 10.1 Å². The maximum Gasteiger partial charge on any atom is 0.338 e. The highest BCUT2D eigenvalue weighted by molar-refractivity contribution is 5.94. The maximum absolute atomic E-state index is 13.5. The van der Waals surface area contributed by atoms with Gasteiger partial charge in [-0.15, -0.1) is 0 Å². The third kappa shape index (κ3) is 3.33. The van der Waals surface area contributed by atoms with Crippen molar-refractivity contribution >= 4 is 17.6 Å². The van der Waals surface area contributed by atoms with E-state index in [2.05, 4.69) is 5.32 Å². The summed E-state index contributed by atoms with van der Waals surface area (Å²) in [5.74, 6) is -2.56. The van der Waals surface area contributed by atoms with Crippen LogP contribution in [0.3, 0.4) is 0 Å². The lowest BCUT2D eigenvalue weighted by Gasteiger charge is -2.25. The number of hydrogen-bond donors (Lipinski definition) is 3. The third-order valence-corrected chi connectivity index (χ3v) is 3.55. The minimum Gasteiger partial charge on any atom is -0.478 e. The van der Waals surface area contributed by atoms with Crippen LogP contribution in [-0.2, 0) is 4.79 Å². The zero-order valence-electron chi connectivity index (χ0n) is 10.9. The van der Waals surface area contributed by atoms with E-state index >= 15 is 0 Å². The summed E-state index contributed by atoms with van der Waals surface area (Å²) in [5, 5.41) is 11.3. The van der Waals surface area contributed by atoms with Gasteiger partial charge < -0.3 is 16.2 Å². The molecule has 0 spiro atoms. The second-order valence-electron chi connectivity index (χ2n) is 5.11. The molecular formula is C14H17FN2O3. The van der Waals surface area contributed by atoms with Gasteiger partial charge >= 0.3 is 5.97 Å².